The molecular weight excluding hydrogens is 371 g/mol. The van der Waals surface area contributed by atoms with Crippen LogP contribution in [0, 0.1) is 5.92 Å². The van der Waals surface area contributed by atoms with E-state index in [1.807, 2.05) is 0 Å². The molecule has 5 N–H and O–H groups in total. The second kappa shape index (κ2) is 6.07. The molecule has 3 heterocycles. The lowest BCUT2D eigenvalue weighted by Gasteiger charge is -2.13. The van der Waals surface area contributed by atoms with E-state index < -0.39 is 19.0 Å². The summed E-state index contributed by atoms with van der Waals surface area (Å²) in [5, 5.41) is 3.28. The van der Waals surface area contributed by atoms with Gasteiger partial charge in [0.05, 0.1) is 6.33 Å². The van der Waals surface area contributed by atoms with Gasteiger partial charge in [0.15, 0.2) is 22.8 Å². The van der Waals surface area contributed by atoms with Gasteiger partial charge in [-0.15, -0.1) is 0 Å². The van der Waals surface area contributed by atoms with E-state index in [1.165, 1.54) is 0 Å². The number of nitrogens with zero attached hydrogens (tertiary/aromatic N) is 4. The second-order valence-electron chi connectivity index (χ2n) is 6.44. The summed E-state index contributed by atoms with van der Waals surface area (Å²) in [5.41, 5.74) is 6.18. The minimum absolute atomic E-state index is 0.135. The van der Waals surface area contributed by atoms with Crippen LogP contribution >= 0.6 is 19.2 Å². The summed E-state index contributed by atoms with van der Waals surface area (Å²) >= 11 is 6.12. The van der Waals surface area contributed by atoms with Crippen molar-refractivity contribution in [1.82, 2.24) is 19.5 Å². The Hall–Kier alpha value is -1.45. The highest BCUT2D eigenvalue weighted by atomic mass is 35.5. The molecule has 0 amide bonds. The Morgan fingerprint density at radius 1 is 1.44 bits per heavy atom. The summed E-state index contributed by atoms with van der Waals surface area (Å²) in [6, 6.07) is 0.391. The van der Waals surface area contributed by atoms with Gasteiger partial charge in [0, 0.05) is 18.5 Å². The number of halogens is 1. The van der Waals surface area contributed by atoms with Gasteiger partial charge in [0.2, 0.25) is 5.95 Å². The molecule has 1 aliphatic heterocycles. The van der Waals surface area contributed by atoms with Crippen molar-refractivity contribution >= 4 is 42.1 Å². The molecular formula is C13H18ClN6O4P. The summed E-state index contributed by atoms with van der Waals surface area (Å²) in [5.74, 6) is -0.730. The van der Waals surface area contributed by atoms with Crippen LogP contribution in [0.25, 0.3) is 11.2 Å². The number of fused-ring (bicyclic) bond motifs is 1. The lowest BCUT2D eigenvalue weighted by atomic mass is 10.1. The fourth-order valence-corrected chi connectivity index (χ4v) is 4.14. The molecule has 1 saturated carbocycles. The Labute approximate surface area is 147 Å². The molecule has 1 aliphatic carbocycles. The number of nitrogens with two attached hydrogens (primary N) is 1. The van der Waals surface area contributed by atoms with Crippen LogP contribution < -0.4 is 11.1 Å². The molecule has 0 radical (unpaired) electrons. The Kier molecular flexibility index (Phi) is 4.12. The van der Waals surface area contributed by atoms with Crippen LogP contribution in [0.5, 0.6) is 0 Å². The first-order chi connectivity index (χ1) is 11.8. The Morgan fingerprint density at radius 2 is 2.20 bits per heavy atom. The summed E-state index contributed by atoms with van der Waals surface area (Å²) < 4.78 is 18.4. The monoisotopic (exact) mass is 388 g/mol. The van der Waals surface area contributed by atoms with Crippen LogP contribution in [0.3, 0.4) is 0 Å². The van der Waals surface area contributed by atoms with E-state index in [0.29, 0.717) is 29.6 Å². The number of hydrogen-bond donors (Lipinski definition) is 4. The van der Waals surface area contributed by atoms with Crippen LogP contribution in [0.1, 0.15) is 19.3 Å². The average molecular weight is 389 g/mol. The normalized spacial score (nSPS) is 27.1. The molecule has 10 nitrogen and oxygen atoms in total. The van der Waals surface area contributed by atoms with Gasteiger partial charge in [0.25, 0.3) is 0 Å². The number of aromatic nitrogens is 4. The van der Waals surface area contributed by atoms with Crippen LogP contribution in [-0.2, 0) is 15.8 Å². The van der Waals surface area contributed by atoms with Crippen molar-refractivity contribution in [2.45, 2.75) is 43.3 Å². The van der Waals surface area contributed by atoms with Gasteiger partial charge in [-0.05, 0) is 19.3 Å². The van der Waals surface area contributed by atoms with Crippen LogP contribution in [0.15, 0.2) is 6.33 Å². The maximum Gasteiger partial charge on any atom is 0.354 e. The van der Waals surface area contributed by atoms with E-state index in [-0.39, 0.29) is 18.3 Å². The molecule has 0 bridgehead atoms. The first-order valence-electron chi connectivity index (χ1n) is 7.91. The number of nitrogens with one attached hydrogen (secondary N) is 1. The Bertz CT molecular complexity index is 852. The van der Waals surface area contributed by atoms with Gasteiger partial charge in [0.1, 0.15) is 5.56 Å². The lowest BCUT2D eigenvalue weighted by Crippen LogP contribution is -2.16. The predicted molar refractivity (Wildman–Crippen MR) is 91.0 cm³/mol. The Balaban J connectivity index is 1.59. The first kappa shape index (κ1) is 17.0. The van der Waals surface area contributed by atoms with Crippen molar-refractivity contribution in [2.24, 2.45) is 5.92 Å². The van der Waals surface area contributed by atoms with Crippen molar-refractivity contribution in [3.05, 3.63) is 6.33 Å². The largest absolute Gasteiger partial charge is 0.368 e. The number of rotatable bonds is 5. The number of nitrogen functional groups attached to an aromatic ring is 1. The molecule has 2 aromatic heterocycles. The van der Waals surface area contributed by atoms with E-state index in [9.17, 15) is 14.4 Å². The zero-order chi connectivity index (χ0) is 17.8. The minimum atomic E-state index is -4.34. The number of ether oxygens (including phenoxy) is 1. The third kappa shape index (κ3) is 3.45. The first-order valence-corrected chi connectivity index (χ1v) is 10.0. The standard InChI is InChI=1S/C13H18ClN6O4P/c14-10-6(3-8(24-10)25(21,22)23)4-20-5-16-9-11(17-7-1-2-7)18-13(15)19-12(9)20/h5-8,10H,1-4H2,(H2,21,22,23)(H3,15,17,18,19)/t6-,8+,10+/m1/s1. The molecule has 12 heteroatoms. The maximum absolute atomic E-state index is 11.4. The van der Waals surface area contributed by atoms with Crippen molar-refractivity contribution in [1.29, 1.82) is 0 Å². The van der Waals surface area contributed by atoms with Gasteiger partial charge in [-0.3, -0.25) is 4.57 Å². The minimum Gasteiger partial charge on any atom is -0.368 e. The Morgan fingerprint density at radius 3 is 2.84 bits per heavy atom. The number of alkyl halides is 1. The summed E-state index contributed by atoms with van der Waals surface area (Å²) in [6.45, 7) is 0.362. The molecule has 25 heavy (non-hydrogen) atoms. The predicted octanol–water partition coefficient (Wildman–Crippen LogP) is 1.09. The van der Waals surface area contributed by atoms with E-state index in [1.54, 1.807) is 10.9 Å². The van der Waals surface area contributed by atoms with E-state index in [2.05, 4.69) is 20.3 Å². The highest BCUT2D eigenvalue weighted by Gasteiger charge is 2.43. The molecule has 2 aliphatic rings. The molecule has 2 aromatic rings. The number of anilines is 2. The topological polar surface area (TPSA) is 148 Å². The smallest absolute Gasteiger partial charge is 0.354 e. The number of imidazole rings is 1. The van der Waals surface area contributed by atoms with E-state index in [0.717, 1.165) is 12.8 Å². The van der Waals surface area contributed by atoms with Crippen molar-refractivity contribution in [2.75, 3.05) is 11.1 Å². The zero-order valence-electron chi connectivity index (χ0n) is 13.1. The van der Waals surface area contributed by atoms with Crippen LogP contribution in [0.4, 0.5) is 11.8 Å². The molecule has 136 valence electrons. The molecule has 4 rings (SSSR count). The summed E-state index contributed by atoms with van der Waals surface area (Å²) in [6.07, 6.45) is 3.93. The molecule has 1 saturated heterocycles. The van der Waals surface area contributed by atoms with Crippen molar-refractivity contribution in [3.8, 4) is 0 Å². The molecule has 3 atom stereocenters. The van der Waals surface area contributed by atoms with Gasteiger partial charge in [-0.2, -0.15) is 9.97 Å². The number of hydrogen-bond acceptors (Lipinski definition) is 7. The van der Waals surface area contributed by atoms with Gasteiger partial charge < -0.3 is 30.1 Å². The maximum atomic E-state index is 11.4. The third-order valence-electron chi connectivity index (χ3n) is 4.37. The van der Waals surface area contributed by atoms with Crippen molar-refractivity contribution < 1.29 is 19.1 Å². The fraction of sp³-hybridized carbons (Fsp3) is 0.615. The van der Waals surface area contributed by atoms with E-state index >= 15 is 0 Å². The SMILES string of the molecule is Nc1nc(NC2CC2)c2ncn(C[C@H]3C[C@H](P(=O)(O)O)O[C@@H]3Cl)c2n1. The average Bonchev–Trinajstić information content (AvgIpc) is 3.12. The fourth-order valence-electron chi connectivity index (χ4n) is 2.93. The summed E-state index contributed by atoms with van der Waals surface area (Å²) in [4.78, 5) is 31.4. The van der Waals surface area contributed by atoms with Gasteiger partial charge in [-0.25, -0.2) is 4.98 Å². The third-order valence-corrected chi connectivity index (χ3v) is 5.91. The molecule has 0 aromatic carbocycles. The van der Waals surface area contributed by atoms with Gasteiger partial charge >= 0.3 is 7.60 Å². The highest BCUT2D eigenvalue weighted by Crippen LogP contribution is 2.50. The van der Waals surface area contributed by atoms with Gasteiger partial charge in [-0.1, -0.05) is 11.6 Å². The molecule has 0 spiro atoms. The quantitative estimate of drug-likeness (QED) is 0.436. The lowest BCUT2D eigenvalue weighted by molar-refractivity contribution is 0.107. The van der Waals surface area contributed by atoms with Crippen LogP contribution in [-0.4, -0.2) is 46.8 Å². The molecule has 2 fully saturated rings. The molecule has 0 unspecified atom stereocenters. The second-order valence-corrected chi connectivity index (χ2v) is 8.63. The zero-order valence-corrected chi connectivity index (χ0v) is 14.8. The highest BCUT2D eigenvalue weighted by molar-refractivity contribution is 7.52. The van der Waals surface area contributed by atoms with E-state index in [4.69, 9.17) is 22.1 Å². The summed E-state index contributed by atoms with van der Waals surface area (Å²) in [7, 11) is -4.34. The van der Waals surface area contributed by atoms with Crippen LogP contribution in [0.2, 0.25) is 0 Å². The van der Waals surface area contributed by atoms with Crippen molar-refractivity contribution in [3.63, 3.8) is 0 Å².